The van der Waals surface area contributed by atoms with Crippen LogP contribution in [0.1, 0.15) is 11.1 Å². The number of hydrogen-bond acceptors (Lipinski definition) is 2. The normalized spacial score (nSPS) is 11.8. The molecule has 2 N–H and O–H groups in total. The van der Waals surface area contributed by atoms with Gasteiger partial charge in [0.05, 0.1) is 24.0 Å². The molecule has 0 atom stereocenters. The van der Waals surface area contributed by atoms with E-state index in [0.29, 0.717) is 0 Å². The quantitative estimate of drug-likeness (QED) is 0.185. The van der Waals surface area contributed by atoms with Crippen molar-refractivity contribution in [2.24, 2.45) is 0 Å². The third-order valence-electron chi connectivity index (χ3n) is 5.56. The topological polar surface area (TPSA) is 40.5 Å². The van der Waals surface area contributed by atoms with E-state index >= 15 is 0 Å². The van der Waals surface area contributed by atoms with Gasteiger partial charge in [0.25, 0.3) is 0 Å². The van der Waals surface area contributed by atoms with Gasteiger partial charge in [-0.05, 0) is 0 Å². The zero-order valence-corrected chi connectivity index (χ0v) is 16.8. The van der Waals surface area contributed by atoms with Gasteiger partial charge < -0.3 is 10.2 Å². The molecular formula is C22H6F12O2. The molecule has 0 radical (unpaired) electrons. The molecule has 0 aliphatic carbocycles. The van der Waals surface area contributed by atoms with Gasteiger partial charge in [-0.3, -0.25) is 0 Å². The molecule has 0 aliphatic rings. The molecule has 0 bridgehead atoms. The van der Waals surface area contributed by atoms with E-state index in [4.69, 9.17) is 0 Å². The fourth-order valence-corrected chi connectivity index (χ4v) is 4.00. The van der Waals surface area contributed by atoms with Gasteiger partial charge >= 0.3 is 0 Å². The van der Waals surface area contributed by atoms with Crippen molar-refractivity contribution in [3.8, 4) is 11.1 Å². The lowest BCUT2D eigenvalue weighted by molar-refractivity contribution is 0.272. The minimum atomic E-state index is -2.67. The van der Waals surface area contributed by atoms with Crippen molar-refractivity contribution < 1.29 is 62.9 Å². The Morgan fingerprint density at radius 1 is 0.306 bits per heavy atom. The molecule has 0 spiro atoms. The van der Waals surface area contributed by atoms with E-state index in [1.807, 2.05) is 0 Å². The molecule has 4 aromatic rings. The first-order valence-electron chi connectivity index (χ1n) is 9.36. The lowest BCUT2D eigenvalue weighted by Gasteiger charge is -2.21. The van der Waals surface area contributed by atoms with E-state index in [1.165, 1.54) is 0 Å². The minimum Gasteiger partial charge on any atom is -0.392 e. The maximum absolute atomic E-state index is 14.9. The Hall–Kier alpha value is -3.52. The van der Waals surface area contributed by atoms with E-state index in [2.05, 4.69) is 0 Å². The van der Waals surface area contributed by atoms with Gasteiger partial charge in [0.2, 0.25) is 0 Å². The first kappa shape index (κ1) is 25.6. The number of hydrogen-bond donors (Lipinski definition) is 2. The summed E-state index contributed by atoms with van der Waals surface area (Å²) in [6.45, 7) is -3.51. The Bertz CT molecular complexity index is 1510. The Balaban J connectivity index is 2.52. The van der Waals surface area contributed by atoms with Crippen molar-refractivity contribution in [2.45, 2.75) is 13.2 Å². The van der Waals surface area contributed by atoms with Gasteiger partial charge in [0.1, 0.15) is 0 Å². The lowest BCUT2D eigenvalue weighted by Crippen LogP contribution is -2.11. The summed E-state index contributed by atoms with van der Waals surface area (Å²) in [7, 11) is 0. The molecule has 190 valence electrons. The third kappa shape index (κ3) is 3.10. The molecule has 0 aliphatic heterocycles. The standard InChI is InChI=1S/C22H6F12O2/c23-11-3(1-35)5(7-9(15(11)27)17(29)21(33)19(31)13(7)25)6-4(2-36)12(24)16(28)10-8(6)14(26)20(32)22(34)18(10)30/h35-36H,1-2H2. The van der Waals surface area contributed by atoms with Crippen LogP contribution in [0, 0.1) is 69.8 Å². The number of benzene rings is 4. The number of aliphatic hydroxyl groups excluding tert-OH is 2. The predicted molar refractivity (Wildman–Crippen MR) is 98.2 cm³/mol. The smallest absolute Gasteiger partial charge is 0.198 e. The Labute approximate surface area is 190 Å². The molecule has 14 heteroatoms. The first-order valence-corrected chi connectivity index (χ1v) is 9.36. The highest BCUT2D eigenvalue weighted by atomic mass is 19.2. The second kappa shape index (κ2) is 8.55. The van der Waals surface area contributed by atoms with E-state index in [9.17, 15) is 62.9 Å². The van der Waals surface area contributed by atoms with Gasteiger partial charge in [-0.25, -0.2) is 52.7 Å². The van der Waals surface area contributed by atoms with Gasteiger partial charge in [-0.15, -0.1) is 0 Å². The van der Waals surface area contributed by atoms with Crippen LogP contribution in [0.25, 0.3) is 32.7 Å². The molecule has 0 aromatic heterocycles. The summed E-state index contributed by atoms with van der Waals surface area (Å²) >= 11 is 0. The van der Waals surface area contributed by atoms with Crippen LogP contribution >= 0.6 is 0 Å². The summed E-state index contributed by atoms with van der Waals surface area (Å²) in [4.78, 5) is 0. The summed E-state index contributed by atoms with van der Waals surface area (Å²) in [6, 6.07) is 0. The van der Waals surface area contributed by atoms with Crippen molar-refractivity contribution in [3.63, 3.8) is 0 Å². The maximum Gasteiger partial charge on any atom is 0.198 e. The Morgan fingerprint density at radius 2 is 0.528 bits per heavy atom. The third-order valence-corrected chi connectivity index (χ3v) is 5.56. The molecule has 0 saturated heterocycles. The number of fused-ring (bicyclic) bond motifs is 2. The summed E-state index contributed by atoms with van der Waals surface area (Å²) in [5.74, 6) is -30.3. The van der Waals surface area contributed by atoms with Gasteiger partial charge in [-0.1, -0.05) is 0 Å². The number of aliphatic hydroxyl groups is 2. The van der Waals surface area contributed by atoms with Crippen LogP contribution < -0.4 is 0 Å². The highest BCUT2D eigenvalue weighted by Crippen LogP contribution is 2.47. The van der Waals surface area contributed by atoms with Gasteiger partial charge in [0, 0.05) is 33.0 Å². The minimum absolute atomic E-state index is 1.56. The van der Waals surface area contributed by atoms with Crippen LogP contribution in [0.5, 0.6) is 0 Å². The monoisotopic (exact) mass is 530 g/mol. The largest absolute Gasteiger partial charge is 0.392 e. The highest BCUT2D eigenvalue weighted by Gasteiger charge is 2.36. The summed E-state index contributed by atoms with van der Waals surface area (Å²) in [6.07, 6.45) is 0. The lowest BCUT2D eigenvalue weighted by atomic mass is 9.85. The van der Waals surface area contributed by atoms with Crippen LogP contribution in [0.2, 0.25) is 0 Å². The first-order chi connectivity index (χ1) is 16.8. The van der Waals surface area contributed by atoms with E-state index < -0.39 is 127 Å². The van der Waals surface area contributed by atoms with Crippen LogP contribution in [0.4, 0.5) is 52.7 Å². The molecule has 0 heterocycles. The zero-order chi connectivity index (χ0) is 27.0. The molecule has 4 rings (SSSR count). The maximum atomic E-state index is 14.9. The van der Waals surface area contributed by atoms with Crippen LogP contribution in [0.3, 0.4) is 0 Å². The fourth-order valence-electron chi connectivity index (χ4n) is 4.00. The highest BCUT2D eigenvalue weighted by molar-refractivity contribution is 6.09. The Kier molecular flexibility index (Phi) is 6.07. The zero-order valence-electron chi connectivity index (χ0n) is 16.8. The number of rotatable bonds is 3. The molecule has 0 amide bonds. The molecule has 0 saturated carbocycles. The average Bonchev–Trinajstić information content (AvgIpc) is 2.86. The number of halogens is 12. The van der Waals surface area contributed by atoms with Crippen LogP contribution in [-0.4, -0.2) is 10.2 Å². The van der Waals surface area contributed by atoms with Crippen molar-refractivity contribution >= 4 is 21.5 Å². The van der Waals surface area contributed by atoms with E-state index in [0.717, 1.165) is 0 Å². The molecule has 36 heavy (non-hydrogen) atoms. The molecule has 0 unspecified atom stereocenters. The van der Waals surface area contributed by atoms with Crippen molar-refractivity contribution in [2.75, 3.05) is 0 Å². The van der Waals surface area contributed by atoms with Crippen molar-refractivity contribution in [3.05, 3.63) is 80.9 Å². The fraction of sp³-hybridized carbons (Fsp3) is 0.0909. The van der Waals surface area contributed by atoms with Crippen LogP contribution in [0.15, 0.2) is 0 Å². The van der Waals surface area contributed by atoms with E-state index in [-0.39, 0.29) is 0 Å². The summed E-state index contributed by atoms with van der Waals surface area (Å²) in [5, 5.41) is 11.5. The van der Waals surface area contributed by atoms with Gasteiger partial charge in [-0.2, -0.15) is 0 Å². The van der Waals surface area contributed by atoms with Crippen molar-refractivity contribution in [1.29, 1.82) is 0 Å². The van der Waals surface area contributed by atoms with Crippen LogP contribution in [-0.2, 0) is 13.2 Å². The second-order valence-electron chi connectivity index (χ2n) is 7.29. The molecule has 2 nitrogen and oxygen atoms in total. The SMILES string of the molecule is OCc1c(F)c(F)c2c(F)c(F)c(F)c(F)c2c1-c1c(CO)c(F)c(F)c2c(F)c(F)c(F)c(F)c12. The molecular weight excluding hydrogens is 524 g/mol. The average molecular weight is 530 g/mol. The van der Waals surface area contributed by atoms with Crippen molar-refractivity contribution in [1.82, 2.24) is 0 Å². The molecule has 0 fully saturated rings. The second-order valence-corrected chi connectivity index (χ2v) is 7.29. The Morgan fingerprint density at radius 3 is 0.778 bits per heavy atom. The predicted octanol–water partition coefficient (Wildman–Crippen LogP) is 6.31. The van der Waals surface area contributed by atoms with E-state index in [1.54, 1.807) is 0 Å². The summed E-state index contributed by atoms with van der Waals surface area (Å²) in [5.41, 5.74) is -6.40. The van der Waals surface area contributed by atoms with Gasteiger partial charge in [0.15, 0.2) is 69.8 Å². The summed E-state index contributed by atoms with van der Waals surface area (Å²) < 4.78 is 173. The molecule has 4 aromatic carbocycles.